The Hall–Kier alpha value is -6.22. The summed E-state index contributed by atoms with van der Waals surface area (Å²) >= 11 is 1.89. The summed E-state index contributed by atoms with van der Waals surface area (Å²) in [6.07, 6.45) is 7.85. The lowest BCUT2D eigenvalue weighted by atomic mass is 9.82. The van der Waals surface area contributed by atoms with Gasteiger partial charge in [0.2, 0.25) is 0 Å². The molecule has 9 aromatic rings. The second-order valence-electron chi connectivity index (χ2n) is 15.7. The van der Waals surface area contributed by atoms with Crippen molar-refractivity contribution in [1.29, 1.82) is 0 Å². The Kier molecular flexibility index (Phi) is 7.27. The van der Waals surface area contributed by atoms with Crippen LogP contribution in [0.2, 0.25) is 0 Å². The third-order valence-electron chi connectivity index (χ3n) is 12.2. The molecule has 1 unspecified atom stereocenters. The molecule has 0 N–H and O–H groups in total. The topological polar surface area (TPSA) is 3.24 Å². The number of rotatable bonds is 5. The van der Waals surface area contributed by atoms with Crippen LogP contribution in [-0.4, -0.2) is 6.04 Å². The monoisotopic (exact) mass is 721 g/mol. The van der Waals surface area contributed by atoms with Crippen LogP contribution in [0.1, 0.15) is 37.0 Å². The van der Waals surface area contributed by atoms with E-state index in [-0.39, 0.29) is 11.5 Å². The number of hydrogen-bond acceptors (Lipinski definition) is 2. The molecule has 0 amide bonds. The second-order valence-corrected chi connectivity index (χ2v) is 16.8. The van der Waals surface area contributed by atoms with Gasteiger partial charge in [-0.15, -0.1) is 11.3 Å². The molecule has 0 saturated carbocycles. The molecule has 262 valence electrons. The van der Waals surface area contributed by atoms with E-state index in [1.807, 2.05) is 11.3 Å². The van der Waals surface area contributed by atoms with E-state index in [1.165, 1.54) is 97.6 Å². The summed E-state index contributed by atoms with van der Waals surface area (Å²) in [7, 11) is 0. The molecule has 0 radical (unpaired) electrons. The molecule has 1 nitrogen and oxygen atoms in total. The summed E-state index contributed by atoms with van der Waals surface area (Å²) in [4.78, 5) is 2.57. The molecule has 0 aliphatic heterocycles. The molecule has 1 atom stereocenters. The maximum Gasteiger partial charge on any atom is 0.0565 e. The smallest absolute Gasteiger partial charge is 0.0565 e. The van der Waals surface area contributed by atoms with Crippen molar-refractivity contribution in [3.05, 3.63) is 199 Å². The minimum absolute atomic E-state index is 0.0358. The van der Waals surface area contributed by atoms with Gasteiger partial charge >= 0.3 is 0 Å². The third-order valence-corrected chi connectivity index (χ3v) is 13.3. The van der Waals surface area contributed by atoms with E-state index in [4.69, 9.17) is 0 Å². The van der Waals surface area contributed by atoms with Crippen molar-refractivity contribution in [1.82, 2.24) is 0 Å². The first-order valence-corrected chi connectivity index (χ1v) is 20.2. The van der Waals surface area contributed by atoms with Gasteiger partial charge in [0.05, 0.1) is 6.04 Å². The van der Waals surface area contributed by atoms with Gasteiger partial charge in [0.15, 0.2) is 0 Å². The van der Waals surface area contributed by atoms with Crippen molar-refractivity contribution >= 4 is 70.0 Å². The molecule has 8 aromatic carbocycles. The lowest BCUT2D eigenvalue weighted by Gasteiger charge is -2.35. The van der Waals surface area contributed by atoms with Crippen LogP contribution >= 0.6 is 11.3 Å². The van der Waals surface area contributed by atoms with Crippen molar-refractivity contribution in [2.75, 3.05) is 4.90 Å². The third kappa shape index (κ3) is 5.13. The van der Waals surface area contributed by atoms with E-state index in [9.17, 15) is 0 Å². The molecule has 2 heteroatoms. The van der Waals surface area contributed by atoms with Crippen LogP contribution in [0.15, 0.2) is 182 Å². The van der Waals surface area contributed by atoms with Crippen LogP contribution in [-0.2, 0) is 5.41 Å². The van der Waals surface area contributed by atoms with Crippen LogP contribution in [0.25, 0.3) is 69.5 Å². The Balaban J connectivity index is 1.03. The van der Waals surface area contributed by atoms with Crippen molar-refractivity contribution in [2.24, 2.45) is 0 Å². The van der Waals surface area contributed by atoms with Gasteiger partial charge < -0.3 is 4.90 Å². The van der Waals surface area contributed by atoms with E-state index in [0.717, 1.165) is 6.42 Å². The van der Waals surface area contributed by atoms with Crippen molar-refractivity contribution < 1.29 is 0 Å². The molecule has 0 saturated heterocycles. The zero-order chi connectivity index (χ0) is 36.7. The van der Waals surface area contributed by atoms with Crippen LogP contribution in [0.3, 0.4) is 0 Å². The minimum atomic E-state index is -0.0358. The van der Waals surface area contributed by atoms with Crippen molar-refractivity contribution in [3.8, 4) is 22.3 Å². The van der Waals surface area contributed by atoms with Gasteiger partial charge in [0.1, 0.15) is 0 Å². The quantitative estimate of drug-likeness (QED) is 0.171. The van der Waals surface area contributed by atoms with Crippen LogP contribution in [0, 0.1) is 0 Å². The SMILES string of the molecule is CC1(C)c2ccccc2-c2cc(N(c3ccc(-c4cc5sc6ccccc6c5c5ccccc45)cc3)C3C=CC=C(c4ccc5ccccc5c4)C3)ccc21. The highest BCUT2D eigenvalue weighted by atomic mass is 32.1. The maximum absolute atomic E-state index is 2.57. The number of anilines is 2. The van der Waals surface area contributed by atoms with Crippen molar-refractivity contribution in [3.63, 3.8) is 0 Å². The number of thiophene rings is 1. The predicted molar refractivity (Wildman–Crippen MR) is 238 cm³/mol. The molecule has 2 aliphatic carbocycles. The highest BCUT2D eigenvalue weighted by Crippen LogP contribution is 2.51. The number of hydrogen-bond donors (Lipinski definition) is 0. The molecule has 0 bridgehead atoms. The average molecular weight is 722 g/mol. The number of benzene rings is 8. The number of allylic oxidation sites excluding steroid dienone is 2. The standard InChI is InChI=1S/C53H39NS/c1-53(2)48-20-9-7-17-43(48)47-32-41(28-29-49(47)53)54(40-15-11-14-37(31-40)38-23-22-34-12-3-4-13-36(34)30-38)39-26-24-35(25-27-39)46-33-51-52(44-18-6-5-16-42(44)46)45-19-8-10-21-50(45)55-51/h3-30,32-33,40H,31H2,1-2H3. The van der Waals surface area contributed by atoms with Gasteiger partial charge in [0, 0.05) is 37.0 Å². The first-order chi connectivity index (χ1) is 27.0. The molecular formula is C53H39NS. The molecule has 11 rings (SSSR count). The molecule has 0 fully saturated rings. The maximum atomic E-state index is 2.57. The zero-order valence-corrected chi connectivity index (χ0v) is 31.8. The predicted octanol–water partition coefficient (Wildman–Crippen LogP) is 14.9. The highest BCUT2D eigenvalue weighted by Gasteiger charge is 2.36. The summed E-state index contributed by atoms with van der Waals surface area (Å²) in [5.41, 5.74) is 13.0. The van der Waals surface area contributed by atoms with E-state index in [1.54, 1.807) is 0 Å². The molecule has 0 spiro atoms. The molecule has 2 aliphatic rings. The van der Waals surface area contributed by atoms with E-state index >= 15 is 0 Å². The lowest BCUT2D eigenvalue weighted by Crippen LogP contribution is -2.30. The fourth-order valence-electron chi connectivity index (χ4n) is 9.46. The van der Waals surface area contributed by atoms with Crippen LogP contribution in [0.5, 0.6) is 0 Å². The Morgan fingerprint density at radius 3 is 2.09 bits per heavy atom. The van der Waals surface area contributed by atoms with Gasteiger partial charge in [0.25, 0.3) is 0 Å². The Morgan fingerprint density at radius 2 is 1.22 bits per heavy atom. The molecule has 55 heavy (non-hydrogen) atoms. The fourth-order valence-corrected chi connectivity index (χ4v) is 10.6. The first-order valence-electron chi connectivity index (χ1n) is 19.3. The van der Waals surface area contributed by atoms with Gasteiger partial charge in [-0.3, -0.25) is 0 Å². The second kappa shape index (κ2) is 12.4. The van der Waals surface area contributed by atoms with Gasteiger partial charge in [-0.1, -0.05) is 153 Å². The van der Waals surface area contributed by atoms with Gasteiger partial charge in [-0.2, -0.15) is 0 Å². The normalized spacial score (nSPS) is 15.7. The van der Waals surface area contributed by atoms with E-state index in [2.05, 4.69) is 201 Å². The summed E-state index contributed by atoms with van der Waals surface area (Å²) in [6.45, 7) is 4.72. The molecule has 1 aromatic heterocycles. The Labute approximate surface area is 326 Å². The Morgan fingerprint density at radius 1 is 0.527 bits per heavy atom. The van der Waals surface area contributed by atoms with Gasteiger partial charge in [-0.25, -0.2) is 0 Å². The van der Waals surface area contributed by atoms with Crippen LogP contribution < -0.4 is 4.90 Å². The number of nitrogens with zero attached hydrogens (tertiary/aromatic N) is 1. The van der Waals surface area contributed by atoms with Crippen LogP contribution in [0.4, 0.5) is 11.4 Å². The Bertz CT molecular complexity index is 3050. The lowest BCUT2D eigenvalue weighted by molar-refractivity contribution is 0.660. The summed E-state index contributed by atoms with van der Waals surface area (Å²) in [5, 5.41) is 7.87. The highest BCUT2D eigenvalue weighted by molar-refractivity contribution is 7.26. The largest absolute Gasteiger partial charge is 0.334 e. The average Bonchev–Trinajstić information content (AvgIpc) is 3.73. The fraction of sp³-hybridized carbons (Fsp3) is 0.0943. The van der Waals surface area contributed by atoms with E-state index in [0.29, 0.717) is 0 Å². The first kappa shape index (κ1) is 32.2. The minimum Gasteiger partial charge on any atom is -0.334 e. The molecular weight excluding hydrogens is 683 g/mol. The van der Waals surface area contributed by atoms with Crippen molar-refractivity contribution in [2.45, 2.75) is 31.7 Å². The summed E-state index contributed by atoms with van der Waals surface area (Å²) < 4.78 is 2.67. The van der Waals surface area contributed by atoms with Gasteiger partial charge in [-0.05, 0) is 115 Å². The number of fused-ring (bicyclic) bond motifs is 9. The van der Waals surface area contributed by atoms with E-state index < -0.39 is 0 Å². The summed E-state index contributed by atoms with van der Waals surface area (Å²) in [5.74, 6) is 0. The molecule has 1 heterocycles. The zero-order valence-electron chi connectivity index (χ0n) is 31.0. The summed E-state index contributed by atoms with van der Waals surface area (Å²) in [6, 6.07) is 61.3.